The van der Waals surface area contributed by atoms with Crippen molar-refractivity contribution in [2.45, 2.75) is 276 Å². The van der Waals surface area contributed by atoms with Gasteiger partial charge in [-0.05, 0) is 57.9 Å². The van der Waals surface area contributed by atoms with E-state index >= 15 is 0 Å². The molecule has 0 fully saturated rings. The number of ether oxygens (including phenoxy) is 1. The number of aliphatic carboxylic acids is 1. The summed E-state index contributed by atoms with van der Waals surface area (Å²) in [6, 6.07) is -0.851. The van der Waals surface area contributed by atoms with Crippen LogP contribution >= 0.6 is 0 Å². The lowest BCUT2D eigenvalue weighted by Gasteiger charge is -2.18. The Bertz CT molecular complexity index is 822. The van der Waals surface area contributed by atoms with Crippen molar-refractivity contribution in [2.24, 2.45) is 5.73 Å². The number of unbranched alkanes of at least 4 members (excludes halogenated alkanes) is 30. The van der Waals surface area contributed by atoms with Crippen molar-refractivity contribution in [2.75, 3.05) is 6.54 Å². The molecule has 2 atom stereocenters. The van der Waals surface area contributed by atoms with E-state index in [2.05, 4.69) is 19.2 Å². The second-order valence-corrected chi connectivity index (χ2v) is 16.5. The quantitative estimate of drug-likeness (QED) is 0.0420. The fourth-order valence-corrected chi connectivity index (χ4v) is 7.57. The number of carboxylic acids is 1. The highest BCUT2D eigenvalue weighted by Gasteiger charge is 2.19. The molecule has 0 saturated heterocycles. The van der Waals surface area contributed by atoms with Gasteiger partial charge in [0.2, 0.25) is 5.91 Å². The van der Waals surface area contributed by atoms with Gasteiger partial charge in [0.1, 0.15) is 12.1 Å². The Morgan fingerprint density at radius 2 is 0.796 bits per heavy atom. The predicted octanol–water partition coefficient (Wildman–Crippen LogP) is 13.7. The average molecular weight is 765 g/mol. The normalized spacial score (nSPS) is 12.5. The maximum atomic E-state index is 12.8. The molecular formula is C47H92N2O5. The first-order valence-corrected chi connectivity index (χ1v) is 23.9. The number of carboxylic acid groups (broad SMARTS) is 1. The van der Waals surface area contributed by atoms with Crippen LogP contribution in [-0.4, -0.2) is 41.6 Å². The standard InChI is InChI=1S/C47H92N2O5/c1-3-5-7-9-11-12-13-14-15-16-17-18-19-20-21-22-23-24-26-31-35-41-46(51)54-43(37-32-28-25-10-8-6-4-2)38-33-29-27-30-34-40-45(50)49-44(47(52)53)39-36-42-48/h43-44H,3-42,48H2,1-2H3,(H,49,50)(H,52,53). The van der Waals surface area contributed by atoms with Crippen LogP contribution in [0.2, 0.25) is 0 Å². The van der Waals surface area contributed by atoms with Gasteiger partial charge in [-0.25, -0.2) is 4.79 Å². The third-order valence-corrected chi connectivity index (χ3v) is 11.2. The molecule has 0 aliphatic rings. The molecule has 0 saturated carbocycles. The molecule has 0 aromatic rings. The molecule has 0 heterocycles. The second-order valence-electron chi connectivity index (χ2n) is 16.5. The van der Waals surface area contributed by atoms with E-state index in [4.69, 9.17) is 10.5 Å². The minimum Gasteiger partial charge on any atom is -0.480 e. The zero-order chi connectivity index (χ0) is 39.6. The molecule has 0 spiro atoms. The van der Waals surface area contributed by atoms with Crippen molar-refractivity contribution < 1.29 is 24.2 Å². The zero-order valence-corrected chi connectivity index (χ0v) is 36.1. The van der Waals surface area contributed by atoms with E-state index in [1.54, 1.807) is 0 Å². The largest absolute Gasteiger partial charge is 0.480 e. The van der Waals surface area contributed by atoms with Crippen LogP contribution in [0.4, 0.5) is 0 Å². The van der Waals surface area contributed by atoms with Gasteiger partial charge < -0.3 is 20.9 Å². The summed E-state index contributed by atoms with van der Waals surface area (Å²) in [7, 11) is 0. The number of carbonyl (C=O) groups excluding carboxylic acids is 2. The SMILES string of the molecule is CCCCCCCCCCCCCCCCCCCCCCCC(=O)OC(CCCCCCCCC)CCCCCCCC(=O)NC(CCCN)C(=O)O. The molecule has 0 rings (SSSR count). The smallest absolute Gasteiger partial charge is 0.326 e. The van der Waals surface area contributed by atoms with E-state index in [1.807, 2.05) is 0 Å². The summed E-state index contributed by atoms with van der Waals surface area (Å²) in [6.07, 6.45) is 46.0. The molecule has 0 radical (unpaired) electrons. The lowest BCUT2D eigenvalue weighted by atomic mass is 10.0. The Morgan fingerprint density at radius 1 is 0.463 bits per heavy atom. The number of hydrogen-bond acceptors (Lipinski definition) is 5. The van der Waals surface area contributed by atoms with Crippen LogP contribution in [0.15, 0.2) is 0 Å². The van der Waals surface area contributed by atoms with Gasteiger partial charge in [-0.1, -0.05) is 200 Å². The van der Waals surface area contributed by atoms with Crippen molar-refractivity contribution in [1.29, 1.82) is 0 Å². The predicted molar refractivity (Wildman–Crippen MR) is 230 cm³/mol. The first-order valence-electron chi connectivity index (χ1n) is 23.9. The van der Waals surface area contributed by atoms with Crippen molar-refractivity contribution in [3.63, 3.8) is 0 Å². The van der Waals surface area contributed by atoms with Gasteiger partial charge in [0.15, 0.2) is 0 Å². The third-order valence-electron chi connectivity index (χ3n) is 11.2. The summed E-state index contributed by atoms with van der Waals surface area (Å²) in [5.41, 5.74) is 5.48. The van der Waals surface area contributed by atoms with E-state index in [-0.39, 0.29) is 18.0 Å². The van der Waals surface area contributed by atoms with E-state index in [0.717, 1.165) is 64.2 Å². The number of esters is 1. The van der Waals surface area contributed by atoms with Gasteiger partial charge in [-0.3, -0.25) is 9.59 Å². The van der Waals surface area contributed by atoms with Crippen LogP contribution < -0.4 is 11.1 Å². The van der Waals surface area contributed by atoms with Crippen molar-refractivity contribution >= 4 is 17.8 Å². The van der Waals surface area contributed by atoms with Crippen LogP contribution in [0.5, 0.6) is 0 Å². The molecule has 0 aromatic carbocycles. The molecule has 1 amide bonds. The van der Waals surface area contributed by atoms with Crippen molar-refractivity contribution in [3.05, 3.63) is 0 Å². The van der Waals surface area contributed by atoms with Gasteiger partial charge in [-0.2, -0.15) is 0 Å². The average Bonchev–Trinajstić information content (AvgIpc) is 3.16. The maximum absolute atomic E-state index is 12.8. The number of hydrogen-bond donors (Lipinski definition) is 3. The van der Waals surface area contributed by atoms with Crippen LogP contribution in [-0.2, 0) is 19.1 Å². The summed E-state index contributed by atoms with van der Waals surface area (Å²) >= 11 is 0. The Labute approximate surface area is 335 Å². The fourth-order valence-electron chi connectivity index (χ4n) is 7.57. The summed E-state index contributed by atoms with van der Waals surface area (Å²) in [5, 5.41) is 11.9. The summed E-state index contributed by atoms with van der Waals surface area (Å²) in [6.45, 7) is 4.96. The van der Waals surface area contributed by atoms with Gasteiger partial charge in [0, 0.05) is 12.8 Å². The van der Waals surface area contributed by atoms with Crippen LogP contribution in [0.1, 0.15) is 264 Å². The lowest BCUT2D eigenvalue weighted by molar-refractivity contribution is -0.150. The Balaban J connectivity index is 4.00. The number of carbonyl (C=O) groups is 3. The summed E-state index contributed by atoms with van der Waals surface area (Å²) < 4.78 is 6.04. The van der Waals surface area contributed by atoms with Gasteiger partial charge in [0.05, 0.1) is 0 Å². The first kappa shape index (κ1) is 52.4. The van der Waals surface area contributed by atoms with Crippen molar-refractivity contribution in [1.82, 2.24) is 5.32 Å². The summed E-state index contributed by atoms with van der Waals surface area (Å²) in [4.78, 5) is 36.3. The van der Waals surface area contributed by atoms with E-state index in [9.17, 15) is 19.5 Å². The molecule has 7 nitrogen and oxygen atoms in total. The monoisotopic (exact) mass is 765 g/mol. The molecule has 0 aliphatic heterocycles. The lowest BCUT2D eigenvalue weighted by Crippen LogP contribution is -2.40. The molecule has 2 unspecified atom stereocenters. The number of nitrogens with two attached hydrogens (primary N) is 1. The van der Waals surface area contributed by atoms with Crippen LogP contribution in [0.3, 0.4) is 0 Å². The fraction of sp³-hybridized carbons (Fsp3) is 0.936. The van der Waals surface area contributed by atoms with Crippen LogP contribution in [0.25, 0.3) is 0 Å². The number of nitrogens with one attached hydrogen (secondary N) is 1. The highest BCUT2D eigenvalue weighted by molar-refractivity contribution is 5.83. The van der Waals surface area contributed by atoms with E-state index in [1.165, 1.54) is 161 Å². The van der Waals surface area contributed by atoms with Crippen molar-refractivity contribution in [3.8, 4) is 0 Å². The molecular weight excluding hydrogens is 673 g/mol. The molecule has 7 heteroatoms. The van der Waals surface area contributed by atoms with E-state index in [0.29, 0.717) is 32.2 Å². The topological polar surface area (TPSA) is 119 Å². The number of amides is 1. The zero-order valence-electron chi connectivity index (χ0n) is 36.1. The first-order chi connectivity index (χ1) is 26.4. The summed E-state index contributed by atoms with van der Waals surface area (Å²) in [5.74, 6) is -1.21. The van der Waals surface area contributed by atoms with Gasteiger partial charge in [-0.15, -0.1) is 0 Å². The number of rotatable bonds is 44. The Morgan fingerprint density at radius 3 is 1.15 bits per heavy atom. The van der Waals surface area contributed by atoms with Gasteiger partial charge in [0.25, 0.3) is 0 Å². The Hall–Kier alpha value is -1.63. The Kier molecular flexibility index (Phi) is 41.2. The van der Waals surface area contributed by atoms with Gasteiger partial charge >= 0.3 is 11.9 Å². The van der Waals surface area contributed by atoms with Crippen LogP contribution in [0, 0.1) is 0 Å². The molecule has 320 valence electrons. The maximum Gasteiger partial charge on any atom is 0.326 e. The minimum atomic E-state index is -1.00. The second kappa shape index (κ2) is 42.5. The molecule has 54 heavy (non-hydrogen) atoms. The third kappa shape index (κ3) is 38.6. The molecule has 4 N–H and O–H groups in total. The highest BCUT2D eigenvalue weighted by atomic mass is 16.5. The molecule has 0 bridgehead atoms. The minimum absolute atomic E-state index is 0.0158. The molecule has 0 aliphatic carbocycles. The van der Waals surface area contributed by atoms with E-state index < -0.39 is 12.0 Å². The molecule has 0 aromatic heterocycles. The highest BCUT2D eigenvalue weighted by Crippen LogP contribution is 2.19.